The Balaban J connectivity index is 2.20. The van der Waals surface area contributed by atoms with Crippen molar-refractivity contribution in [3.63, 3.8) is 0 Å². The highest BCUT2D eigenvalue weighted by atomic mass is 35.5. The van der Waals surface area contributed by atoms with Crippen molar-refractivity contribution >= 4 is 23.4 Å². The number of hydrogen-bond donors (Lipinski definition) is 2. The Morgan fingerprint density at radius 1 is 1.31 bits per heavy atom. The molecule has 7 heteroatoms. The number of carbonyl (C=O) groups excluding carboxylic acids is 2. The molecule has 0 fully saturated rings. The third-order valence-corrected chi connectivity index (χ3v) is 5.60. The highest BCUT2D eigenvalue weighted by Crippen LogP contribution is 2.48. The van der Waals surface area contributed by atoms with Gasteiger partial charge in [0.1, 0.15) is 0 Å². The van der Waals surface area contributed by atoms with Crippen molar-refractivity contribution in [1.82, 2.24) is 5.32 Å². The van der Waals surface area contributed by atoms with Crippen LogP contribution < -0.4 is 11.1 Å². The number of ketones is 1. The van der Waals surface area contributed by atoms with Crippen LogP contribution in [0.25, 0.3) is 0 Å². The first kappa shape index (κ1) is 21.6. The zero-order valence-electron chi connectivity index (χ0n) is 17.0. The van der Waals surface area contributed by atoms with E-state index in [0.29, 0.717) is 53.4 Å². The Labute approximate surface area is 176 Å². The van der Waals surface area contributed by atoms with E-state index in [-0.39, 0.29) is 17.8 Å². The fourth-order valence-corrected chi connectivity index (χ4v) is 4.34. The summed E-state index contributed by atoms with van der Waals surface area (Å²) in [5, 5.41) is 3.81. The molecule has 0 saturated carbocycles. The number of dihydropyridines is 1. The predicted molar refractivity (Wildman–Crippen MR) is 111 cm³/mol. The van der Waals surface area contributed by atoms with E-state index in [1.807, 2.05) is 18.2 Å². The number of halogens is 1. The molecule has 156 valence electrons. The molecule has 0 saturated heterocycles. The summed E-state index contributed by atoms with van der Waals surface area (Å²) < 4.78 is 10.7. The van der Waals surface area contributed by atoms with Gasteiger partial charge in [-0.05, 0) is 23.5 Å². The van der Waals surface area contributed by atoms with Crippen LogP contribution in [0, 0.1) is 5.41 Å². The molecule has 1 aliphatic heterocycles. The molecule has 0 amide bonds. The Morgan fingerprint density at radius 3 is 2.69 bits per heavy atom. The van der Waals surface area contributed by atoms with E-state index in [4.69, 9.17) is 26.8 Å². The van der Waals surface area contributed by atoms with Crippen LogP contribution in [0.5, 0.6) is 0 Å². The molecule has 1 aromatic carbocycles. The highest BCUT2D eigenvalue weighted by Gasteiger charge is 2.44. The van der Waals surface area contributed by atoms with E-state index in [1.165, 1.54) is 7.11 Å². The lowest BCUT2D eigenvalue weighted by molar-refractivity contribution is -0.136. The van der Waals surface area contributed by atoms with E-state index in [2.05, 4.69) is 19.2 Å². The molecule has 0 bridgehead atoms. The standard InChI is InChI=1S/C22H27ClN2O4/c1-22(2)10-15-19(17(26)11-22)18(13-6-4-5-7-14(13)23)20(21(27)28-3)16(25-15)12-29-9-8-24/h4-7,18,25H,8-12,24H2,1-3H3. The van der Waals surface area contributed by atoms with Crippen LogP contribution in [0.4, 0.5) is 0 Å². The third kappa shape index (κ3) is 4.39. The lowest BCUT2D eigenvalue weighted by atomic mass is 9.68. The minimum absolute atomic E-state index is 0.0111. The first-order valence-corrected chi connectivity index (χ1v) is 10.0. The number of Topliss-reactive ketones (excluding diaryl/α,β-unsaturated/α-hetero) is 1. The Hall–Kier alpha value is -2.15. The van der Waals surface area contributed by atoms with Gasteiger partial charge in [-0.25, -0.2) is 4.79 Å². The molecule has 2 aliphatic rings. The summed E-state index contributed by atoms with van der Waals surface area (Å²) >= 11 is 6.50. The summed E-state index contributed by atoms with van der Waals surface area (Å²) in [6, 6.07) is 7.27. The van der Waals surface area contributed by atoms with Crippen LogP contribution in [0.15, 0.2) is 46.8 Å². The van der Waals surface area contributed by atoms with Crippen LogP contribution in [0.1, 0.15) is 38.2 Å². The van der Waals surface area contributed by atoms with Crippen molar-refractivity contribution in [3.8, 4) is 0 Å². The monoisotopic (exact) mass is 418 g/mol. The molecular formula is C22H27ClN2O4. The first-order valence-electron chi connectivity index (χ1n) is 9.66. The molecule has 1 aliphatic carbocycles. The SMILES string of the molecule is COC(=O)C1=C(COCCN)NC2=C(C(=O)CC(C)(C)C2)C1c1ccccc1Cl. The van der Waals surface area contributed by atoms with Gasteiger partial charge in [0, 0.05) is 35.2 Å². The molecule has 0 spiro atoms. The summed E-state index contributed by atoms with van der Waals surface area (Å²) in [6.07, 6.45) is 1.09. The molecule has 1 atom stereocenters. The lowest BCUT2D eigenvalue weighted by Crippen LogP contribution is -2.40. The normalized spacial score (nSPS) is 21.0. The van der Waals surface area contributed by atoms with Crippen LogP contribution in [0.3, 0.4) is 0 Å². The van der Waals surface area contributed by atoms with Gasteiger partial charge in [-0.3, -0.25) is 4.79 Å². The molecule has 6 nitrogen and oxygen atoms in total. The Kier molecular flexibility index (Phi) is 6.46. The molecule has 1 unspecified atom stereocenters. The maximum atomic E-state index is 13.2. The van der Waals surface area contributed by atoms with E-state index in [1.54, 1.807) is 6.07 Å². The van der Waals surface area contributed by atoms with Crippen molar-refractivity contribution in [1.29, 1.82) is 0 Å². The summed E-state index contributed by atoms with van der Waals surface area (Å²) in [4.78, 5) is 26.0. The third-order valence-electron chi connectivity index (χ3n) is 5.25. The number of methoxy groups -OCH3 is 1. The largest absolute Gasteiger partial charge is 0.466 e. The number of nitrogens with two attached hydrogens (primary N) is 1. The molecule has 0 aromatic heterocycles. The van der Waals surface area contributed by atoms with Gasteiger partial charge in [-0.15, -0.1) is 0 Å². The van der Waals surface area contributed by atoms with E-state index in [9.17, 15) is 9.59 Å². The van der Waals surface area contributed by atoms with Gasteiger partial charge in [-0.2, -0.15) is 0 Å². The molecule has 3 rings (SSSR count). The maximum absolute atomic E-state index is 13.2. The average Bonchev–Trinajstić information content (AvgIpc) is 2.66. The quantitative estimate of drug-likeness (QED) is 0.545. The number of hydrogen-bond acceptors (Lipinski definition) is 6. The van der Waals surface area contributed by atoms with Crippen LogP contribution in [-0.4, -0.2) is 38.6 Å². The lowest BCUT2D eigenvalue weighted by Gasteiger charge is -2.40. The molecule has 1 aromatic rings. The van der Waals surface area contributed by atoms with Crippen molar-refractivity contribution in [2.45, 2.75) is 32.6 Å². The predicted octanol–water partition coefficient (Wildman–Crippen LogP) is 3.07. The van der Waals surface area contributed by atoms with Crippen molar-refractivity contribution in [2.24, 2.45) is 11.1 Å². The Morgan fingerprint density at radius 2 is 2.03 bits per heavy atom. The second-order valence-corrected chi connectivity index (χ2v) is 8.54. The summed E-state index contributed by atoms with van der Waals surface area (Å²) in [5.74, 6) is -1.11. The second kappa shape index (κ2) is 8.69. The number of rotatable bonds is 6. The zero-order valence-corrected chi connectivity index (χ0v) is 17.8. The first-order chi connectivity index (χ1) is 13.8. The van der Waals surface area contributed by atoms with Gasteiger partial charge in [0.05, 0.1) is 31.6 Å². The molecule has 1 heterocycles. The van der Waals surface area contributed by atoms with Crippen LogP contribution >= 0.6 is 11.6 Å². The summed E-state index contributed by atoms with van der Waals surface area (Å²) in [7, 11) is 1.33. The average molecular weight is 419 g/mol. The number of carbonyl (C=O) groups is 2. The smallest absolute Gasteiger partial charge is 0.336 e. The van der Waals surface area contributed by atoms with Crippen molar-refractivity contribution in [2.75, 3.05) is 26.9 Å². The Bertz CT molecular complexity index is 889. The highest BCUT2D eigenvalue weighted by molar-refractivity contribution is 6.31. The van der Waals surface area contributed by atoms with E-state index < -0.39 is 11.9 Å². The molecule has 29 heavy (non-hydrogen) atoms. The number of allylic oxidation sites excluding steroid dienone is 2. The molecule has 0 radical (unpaired) electrons. The molecule has 3 N–H and O–H groups in total. The molecular weight excluding hydrogens is 392 g/mol. The summed E-state index contributed by atoms with van der Waals surface area (Å²) in [6.45, 7) is 5.00. The second-order valence-electron chi connectivity index (χ2n) is 8.14. The van der Waals surface area contributed by atoms with Crippen LogP contribution in [-0.2, 0) is 19.1 Å². The fraction of sp³-hybridized carbons (Fsp3) is 0.455. The number of esters is 1. The van der Waals surface area contributed by atoms with Gasteiger partial charge in [0.2, 0.25) is 0 Å². The number of ether oxygens (including phenoxy) is 2. The fourth-order valence-electron chi connectivity index (χ4n) is 4.09. The van der Waals surface area contributed by atoms with Crippen molar-refractivity contribution in [3.05, 3.63) is 57.4 Å². The van der Waals surface area contributed by atoms with Gasteiger partial charge in [-0.1, -0.05) is 43.6 Å². The van der Waals surface area contributed by atoms with E-state index >= 15 is 0 Å². The summed E-state index contributed by atoms with van der Waals surface area (Å²) in [5.41, 5.74) is 8.39. The number of nitrogens with one attached hydrogen (secondary N) is 1. The van der Waals surface area contributed by atoms with Crippen LogP contribution in [0.2, 0.25) is 5.02 Å². The maximum Gasteiger partial charge on any atom is 0.336 e. The van der Waals surface area contributed by atoms with Crippen molar-refractivity contribution < 1.29 is 19.1 Å². The van der Waals surface area contributed by atoms with Gasteiger partial charge < -0.3 is 20.5 Å². The van der Waals surface area contributed by atoms with Gasteiger partial charge >= 0.3 is 5.97 Å². The topological polar surface area (TPSA) is 90.7 Å². The van der Waals surface area contributed by atoms with E-state index in [0.717, 1.165) is 5.70 Å². The minimum Gasteiger partial charge on any atom is -0.466 e. The zero-order chi connectivity index (χ0) is 21.2. The minimum atomic E-state index is -0.604. The number of benzene rings is 1. The van der Waals surface area contributed by atoms with Gasteiger partial charge in [0.25, 0.3) is 0 Å². The van der Waals surface area contributed by atoms with Gasteiger partial charge in [0.15, 0.2) is 5.78 Å².